The van der Waals surface area contributed by atoms with Gasteiger partial charge in [0.1, 0.15) is 0 Å². The summed E-state index contributed by atoms with van der Waals surface area (Å²) in [4.78, 5) is 28.2. The Hall–Kier alpha value is -3.14. The van der Waals surface area contributed by atoms with Crippen LogP contribution in [0.4, 0.5) is 5.69 Å². The van der Waals surface area contributed by atoms with E-state index in [1.165, 1.54) is 11.1 Å². The maximum Gasteiger partial charge on any atom is 0.256 e. The van der Waals surface area contributed by atoms with Crippen LogP contribution in [0.3, 0.4) is 0 Å². The number of nitrogens with one attached hydrogen (secondary N) is 2. The zero-order chi connectivity index (χ0) is 25.8. The first kappa shape index (κ1) is 28.4. The third kappa shape index (κ3) is 6.80. The highest BCUT2D eigenvalue weighted by molar-refractivity contribution is 5.90. The maximum atomic E-state index is 13.4. The molecule has 0 atom stereocenters. The highest BCUT2D eigenvalue weighted by Crippen LogP contribution is 2.27. The minimum absolute atomic E-state index is 0. The molecule has 37 heavy (non-hydrogen) atoms. The number of likely N-dealkylation sites (N-methyl/N-ethyl adjacent to an activating group) is 1. The van der Waals surface area contributed by atoms with Crippen LogP contribution < -0.4 is 15.5 Å². The molecule has 9 nitrogen and oxygen atoms in total. The Morgan fingerprint density at radius 3 is 2.41 bits per heavy atom. The summed E-state index contributed by atoms with van der Waals surface area (Å²) in [5, 5.41) is 15.3. The van der Waals surface area contributed by atoms with Gasteiger partial charge in [-0.2, -0.15) is 5.10 Å². The van der Waals surface area contributed by atoms with Crippen molar-refractivity contribution in [1.82, 2.24) is 30.4 Å². The second-order valence-corrected chi connectivity index (χ2v) is 9.79. The lowest BCUT2D eigenvalue weighted by Crippen LogP contribution is -2.48. The number of carbonyl (C=O) groups is 2. The molecule has 0 bridgehead atoms. The van der Waals surface area contributed by atoms with E-state index in [2.05, 4.69) is 47.8 Å². The maximum absolute atomic E-state index is 13.4. The third-order valence-corrected chi connectivity index (χ3v) is 6.67. The van der Waals surface area contributed by atoms with Crippen LogP contribution in [-0.2, 0) is 29.7 Å². The summed E-state index contributed by atoms with van der Waals surface area (Å²) in [5.41, 5.74) is 5.34. The Labute approximate surface area is 225 Å². The van der Waals surface area contributed by atoms with E-state index < -0.39 is 0 Å². The molecule has 2 amide bonds. The van der Waals surface area contributed by atoms with E-state index in [0.717, 1.165) is 22.2 Å². The topological polar surface area (TPSA) is 85.7 Å². The van der Waals surface area contributed by atoms with E-state index in [1.54, 1.807) is 12.1 Å². The molecular formula is C27H38ClN7O2. The first-order valence-corrected chi connectivity index (χ1v) is 12.5. The second-order valence-electron chi connectivity index (χ2n) is 9.79. The summed E-state index contributed by atoms with van der Waals surface area (Å²) in [6, 6.07) is 12.7. The van der Waals surface area contributed by atoms with Gasteiger partial charge in [0.2, 0.25) is 5.91 Å². The molecular weight excluding hydrogens is 490 g/mol. The first-order valence-electron chi connectivity index (χ1n) is 12.5. The molecule has 0 saturated heterocycles. The fraction of sp³-hybridized carbons (Fsp3) is 0.444. The number of rotatable bonds is 10. The highest BCUT2D eigenvalue weighted by Gasteiger charge is 2.27. The molecule has 200 valence electrons. The second kappa shape index (κ2) is 12.4. The summed E-state index contributed by atoms with van der Waals surface area (Å²) >= 11 is 0. The van der Waals surface area contributed by atoms with Crippen molar-refractivity contribution in [1.29, 1.82) is 0 Å². The van der Waals surface area contributed by atoms with Gasteiger partial charge >= 0.3 is 0 Å². The van der Waals surface area contributed by atoms with Crippen LogP contribution in [0.15, 0.2) is 42.6 Å². The van der Waals surface area contributed by atoms with Gasteiger partial charge in [-0.15, -0.1) is 12.4 Å². The SMILES string of the molecule is Cc1cc2c(cnn2C)cc1N(CC(=O)NCCNC(C)C)CC(=O)N(C)N1Cc2ccccc2C1.Cl. The molecule has 0 radical (unpaired) electrons. The van der Waals surface area contributed by atoms with Crippen molar-refractivity contribution in [3.05, 3.63) is 59.3 Å². The minimum Gasteiger partial charge on any atom is -0.353 e. The lowest BCUT2D eigenvalue weighted by molar-refractivity contribution is -0.145. The van der Waals surface area contributed by atoms with Crippen molar-refractivity contribution < 1.29 is 9.59 Å². The molecule has 2 N–H and O–H groups in total. The number of aromatic nitrogens is 2. The van der Waals surface area contributed by atoms with E-state index in [0.29, 0.717) is 32.2 Å². The molecule has 3 aromatic rings. The summed E-state index contributed by atoms with van der Waals surface area (Å²) in [5.74, 6) is -0.182. The molecule has 1 aliphatic rings. The van der Waals surface area contributed by atoms with E-state index in [4.69, 9.17) is 0 Å². The summed E-state index contributed by atoms with van der Waals surface area (Å²) in [6.45, 7) is 8.95. The van der Waals surface area contributed by atoms with Gasteiger partial charge in [0, 0.05) is 57.4 Å². The Kier molecular flexibility index (Phi) is 9.53. The Balaban J connectivity index is 0.00000380. The molecule has 4 rings (SSSR count). The summed E-state index contributed by atoms with van der Waals surface area (Å²) in [6.07, 6.45) is 1.81. The van der Waals surface area contributed by atoms with Crippen LogP contribution in [-0.4, -0.2) is 70.9 Å². The zero-order valence-corrected chi connectivity index (χ0v) is 23.1. The largest absolute Gasteiger partial charge is 0.353 e. The fourth-order valence-corrected chi connectivity index (χ4v) is 4.60. The van der Waals surface area contributed by atoms with Crippen LogP contribution in [0.5, 0.6) is 0 Å². The Bertz CT molecular complexity index is 1220. The van der Waals surface area contributed by atoms with Crippen LogP contribution in [0.25, 0.3) is 10.9 Å². The molecule has 0 fully saturated rings. The quantitative estimate of drug-likeness (QED) is 0.394. The molecule has 0 unspecified atom stereocenters. The van der Waals surface area contributed by atoms with Crippen molar-refractivity contribution in [2.24, 2.45) is 7.05 Å². The average molecular weight is 528 g/mol. The number of amides is 2. The number of aryl methyl sites for hydroxylation is 2. The van der Waals surface area contributed by atoms with Gasteiger partial charge in [0.15, 0.2) is 0 Å². The number of hydrogen-bond donors (Lipinski definition) is 2. The van der Waals surface area contributed by atoms with Gasteiger partial charge in [-0.3, -0.25) is 19.3 Å². The summed E-state index contributed by atoms with van der Waals surface area (Å²) in [7, 11) is 3.71. The molecule has 0 aliphatic carbocycles. The van der Waals surface area contributed by atoms with Crippen molar-refractivity contribution in [2.75, 3.05) is 38.1 Å². The van der Waals surface area contributed by atoms with Crippen LogP contribution in [0.2, 0.25) is 0 Å². The lowest BCUT2D eigenvalue weighted by atomic mass is 10.1. The minimum atomic E-state index is -0.115. The number of fused-ring (bicyclic) bond motifs is 2. The first-order chi connectivity index (χ1) is 17.2. The number of nitrogens with zero attached hydrogens (tertiary/aromatic N) is 5. The van der Waals surface area contributed by atoms with Crippen LogP contribution in [0, 0.1) is 6.92 Å². The molecule has 2 heterocycles. The molecule has 0 spiro atoms. The Morgan fingerprint density at radius 2 is 1.76 bits per heavy atom. The van der Waals surface area contributed by atoms with Crippen LogP contribution >= 0.6 is 12.4 Å². The van der Waals surface area contributed by atoms with E-state index in [-0.39, 0.29) is 37.3 Å². The van der Waals surface area contributed by atoms with Gasteiger partial charge in [0.25, 0.3) is 5.91 Å². The van der Waals surface area contributed by atoms with Crippen molar-refractivity contribution in [3.63, 3.8) is 0 Å². The van der Waals surface area contributed by atoms with Crippen molar-refractivity contribution in [3.8, 4) is 0 Å². The van der Waals surface area contributed by atoms with E-state index >= 15 is 0 Å². The fourth-order valence-electron chi connectivity index (χ4n) is 4.60. The highest BCUT2D eigenvalue weighted by atomic mass is 35.5. The lowest BCUT2D eigenvalue weighted by Gasteiger charge is -2.32. The van der Waals surface area contributed by atoms with Gasteiger partial charge in [0.05, 0.1) is 24.8 Å². The van der Waals surface area contributed by atoms with Gasteiger partial charge in [-0.25, -0.2) is 5.01 Å². The molecule has 0 saturated carbocycles. The van der Waals surface area contributed by atoms with Gasteiger partial charge < -0.3 is 15.5 Å². The molecule has 1 aliphatic heterocycles. The molecule has 1 aromatic heterocycles. The number of halogens is 1. The Morgan fingerprint density at radius 1 is 1.08 bits per heavy atom. The predicted molar refractivity (Wildman–Crippen MR) is 150 cm³/mol. The van der Waals surface area contributed by atoms with Crippen molar-refractivity contribution >= 4 is 40.8 Å². The number of hydrogen-bond acceptors (Lipinski definition) is 6. The average Bonchev–Trinajstić information content (AvgIpc) is 3.43. The van der Waals surface area contributed by atoms with Gasteiger partial charge in [-0.05, 0) is 35.7 Å². The molecule has 2 aromatic carbocycles. The van der Waals surface area contributed by atoms with E-state index in [9.17, 15) is 9.59 Å². The zero-order valence-electron chi connectivity index (χ0n) is 22.3. The van der Waals surface area contributed by atoms with Crippen LogP contribution in [0.1, 0.15) is 30.5 Å². The van der Waals surface area contributed by atoms with Gasteiger partial charge in [-0.1, -0.05) is 38.1 Å². The predicted octanol–water partition coefficient (Wildman–Crippen LogP) is 2.61. The monoisotopic (exact) mass is 527 g/mol. The summed E-state index contributed by atoms with van der Waals surface area (Å²) < 4.78 is 1.83. The number of hydrazine groups is 1. The third-order valence-electron chi connectivity index (χ3n) is 6.67. The van der Waals surface area contributed by atoms with Crippen molar-refractivity contribution in [2.45, 2.75) is 39.9 Å². The number of carbonyl (C=O) groups excluding carboxylic acids is 2. The normalized spacial score (nSPS) is 12.9. The number of anilines is 1. The molecule has 10 heteroatoms. The smallest absolute Gasteiger partial charge is 0.256 e. The standard InChI is InChI=1S/C27H37N7O2.ClH/c1-19(2)28-10-11-29-26(35)17-33(24-13-23-14-30-31(4)25(23)12-20(24)3)18-27(36)32(5)34-15-21-8-6-7-9-22(21)16-34;/h6-9,12-14,19,28H,10-11,15-18H2,1-5H3,(H,29,35);1H. The van der Waals surface area contributed by atoms with E-state index in [1.807, 2.05) is 53.0 Å². The number of benzene rings is 2.